The highest BCUT2D eigenvalue weighted by Gasteiger charge is 2.21. The maximum atomic E-state index is 12.1. The molecule has 1 heterocycles. The van der Waals surface area contributed by atoms with Gasteiger partial charge in [0.25, 0.3) is 5.91 Å². The first-order chi connectivity index (χ1) is 9.65. The number of aromatic carboxylic acids is 1. The Balaban J connectivity index is 2.62. The maximum Gasteiger partial charge on any atom is 0.337 e. The molecule has 0 spiro atoms. The molecule has 0 aliphatic rings. The van der Waals surface area contributed by atoms with Crippen molar-refractivity contribution in [3.8, 4) is 0 Å². The number of benzene rings is 1. The molecule has 100 valence electrons. The Bertz CT molecular complexity index is 653. The average molecular weight is 268 g/mol. The summed E-state index contributed by atoms with van der Waals surface area (Å²) in [5, 5.41) is 9.23. The van der Waals surface area contributed by atoms with Crippen molar-refractivity contribution < 1.29 is 14.7 Å². The van der Waals surface area contributed by atoms with E-state index in [9.17, 15) is 14.7 Å². The largest absolute Gasteiger partial charge is 0.478 e. The van der Waals surface area contributed by atoms with Crippen molar-refractivity contribution in [3.63, 3.8) is 0 Å². The molecule has 0 aliphatic carbocycles. The van der Waals surface area contributed by atoms with Gasteiger partial charge in [-0.2, -0.15) is 0 Å². The van der Waals surface area contributed by atoms with Crippen LogP contribution in [0.25, 0.3) is 0 Å². The van der Waals surface area contributed by atoms with E-state index in [0.29, 0.717) is 5.82 Å². The second kappa shape index (κ2) is 5.79. The lowest BCUT2D eigenvalue weighted by atomic mass is 10.1. The molecule has 0 bridgehead atoms. The molecule has 2 aromatic rings. The van der Waals surface area contributed by atoms with Gasteiger partial charge in [-0.1, -0.05) is 24.8 Å². The topological polar surface area (TPSA) is 70.5 Å². The van der Waals surface area contributed by atoms with Crippen LogP contribution in [-0.2, 0) is 4.79 Å². The molecule has 0 saturated carbocycles. The fourth-order valence-corrected chi connectivity index (χ4v) is 1.78. The average Bonchev–Trinajstić information content (AvgIpc) is 2.48. The molecule has 1 N–H and O–H groups in total. The first kappa shape index (κ1) is 13.5. The first-order valence-corrected chi connectivity index (χ1v) is 5.85. The molecule has 0 radical (unpaired) electrons. The quantitative estimate of drug-likeness (QED) is 0.865. The van der Waals surface area contributed by atoms with Crippen LogP contribution < -0.4 is 4.90 Å². The lowest BCUT2D eigenvalue weighted by Gasteiger charge is -2.21. The Hall–Kier alpha value is -2.95. The number of rotatable bonds is 4. The van der Waals surface area contributed by atoms with E-state index in [1.807, 2.05) is 0 Å². The third kappa shape index (κ3) is 2.56. The number of carbonyl (C=O) groups excluding carboxylic acids is 1. The van der Waals surface area contributed by atoms with Crippen LogP contribution in [0.3, 0.4) is 0 Å². The van der Waals surface area contributed by atoms with Crippen molar-refractivity contribution in [2.75, 3.05) is 4.90 Å². The Labute approximate surface area is 115 Å². The van der Waals surface area contributed by atoms with E-state index in [2.05, 4.69) is 11.6 Å². The molecule has 0 aliphatic heterocycles. The molecule has 1 aromatic carbocycles. The number of hydrogen-bond donors (Lipinski definition) is 1. The number of hydrogen-bond acceptors (Lipinski definition) is 3. The minimum atomic E-state index is -1.11. The van der Waals surface area contributed by atoms with Gasteiger partial charge in [-0.25, -0.2) is 9.78 Å². The van der Waals surface area contributed by atoms with E-state index in [1.54, 1.807) is 36.4 Å². The molecule has 0 fully saturated rings. The second-order valence-electron chi connectivity index (χ2n) is 3.89. The summed E-state index contributed by atoms with van der Waals surface area (Å²) in [5.74, 6) is -1.22. The van der Waals surface area contributed by atoms with Crippen LogP contribution >= 0.6 is 0 Å². The van der Waals surface area contributed by atoms with E-state index in [0.717, 1.165) is 6.08 Å². The van der Waals surface area contributed by atoms with Crippen LogP contribution in [0.4, 0.5) is 11.5 Å². The predicted molar refractivity (Wildman–Crippen MR) is 75.0 cm³/mol. The van der Waals surface area contributed by atoms with Crippen LogP contribution in [0, 0.1) is 0 Å². The second-order valence-corrected chi connectivity index (χ2v) is 3.89. The summed E-state index contributed by atoms with van der Waals surface area (Å²) in [4.78, 5) is 28.7. The monoisotopic (exact) mass is 268 g/mol. The summed E-state index contributed by atoms with van der Waals surface area (Å²) in [5.41, 5.74) is 0.275. The molecule has 1 amide bonds. The van der Waals surface area contributed by atoms with Gasteiger partial charge in [0.1, 0.15) is 5.82 Å². The van der Waals surface area contributed by atoms with E-state index in [4.69, 9.17) is 0 Å². The Morgan fingerprint density at radius 1 is 1.15 bits per heavy atom. The van der Waals surface area contributed by atoms with Crippen molar-refractivity contribution in [3.05, 3.63) is 66.9 Å². The van der Waals surface area contributed by atoms with Gasteiger partial charge in [0, 0.05) is 6.20 Å². The summed E-state index contributed by atoms with van der Waals surface area (Å²) in [6, 6.07) is 11.3. The highest BCUT2D eigenvalue weighted by molar-refractivity contribution is 6.09. The Morgan fingerprint density at radius 3 is 2.45 bits per heavy atom. The van der Waals surface area contributed by atoms with Gasteiger partial charge in [0.05, 0.1) is 11.3 Å². The van der Waals surface area contributed by atoms with Crippen LogP contribution in [0.15, 0.2) is 61.3 Å². The molecular formula is C15H12N2O3. The number of carbonyl (C=O) groups is 2. The molecule has 0 saturated heterocycles. The summed E-state index contributed by atoms with van der Waals surface area (Å²) >= 11 is 0. The summed E-state index contributed by atoms with van der Waals surface area (Å²) in [7, 11) is 0. The van der Waals surface area contributed by atoms with Crippen molar-refractivity contribution in [1.29, 1.82) is 0 Å². The summed E-state index contributed by atoms with van der Waals surface area (Å²) in [6.07, 6.45) is 2.65. The van der Waals surface area contributed by atoms with Gasteiger partial charge < -0.3 is 5.11 Å². The molecular weight excluding hydrogens is 256 g/mol. The number of nitrogens with zero attached hydrogens (tertiary/aromatic N) is 2. The number of aromatic nitrogens is 1. The van der Waals surface area contributed by atoms with Crippen molar-refractivity contribution in [2.24, 2.45) is 0 Å². The minimum absolute atomic E-state index is 0.0216. The Kier molecular flexibility index (Phi) is 3.91. The molecule has 0 unspecified atom stereocenters. The van der Waals surface area contributed by atoms with Crippen molar-refractivity contribution in [1.82, 2.24) is 4.98 Å². The fraction of sp³-hybridized carbons (Fsp3) is 0. The minimum Gasteiger partial charge on any atom is -0.478 e. The van der Waals surface area contributed by atoms with Gasteiger partial charge in [-0.3, -0.25) is 9.69 Å². The highest BCUT2D eigenvalue weighted by Crippen LogP contribution is 2.27. The zero-order chi connectivity index (χ0) is 14.5. The lowest BCUT2D eigenvalue weighted by molar-refractivity contribution is -0.113. The molecule has 20 heavy (non-hydrogen) atoms. The molecule has 5 heteroatoms. The van der Waals surface area contributed by atoms with Crippen LogP contribution in [0.5, 0.6) is 0 Å². The SMILES string of the molecule is C=CC(=O)N(c1ccccn1)c1ccccc1C(=O)O. The lowest BCUT2D eigenvalue weighted by Crippen LogP contribution is -2.26. The normalized spacial score (nSPS) is 9.80. The summed E-state index contributed by atoms with van der Waals surface area (Å²) < 4.78 is 0. The number of amides is 1. The number of carboxylic acid groups (broad SMARTS) is 1. The zero-order valence-corrected chi connectivity index (χ0v) is 10.6. The zero-order valence-electron chi connectivity index (χ0n) is 10.6. The molecule has 5 nitrogen and oxygen atoms in total. The molecule has 0 atom stereocenters. The number of pyridine rings is 1. The van der Waals surface area contributed by atoms with E-state index < -0.39 is 11.9 Å². The van der Waals surface area contributed by atoms with Gasteiger partial charge in [-0.15, -0.1) is 0 Å². The highest BCUT2D eigenvalue weighted by atomic mass is 16.4. The number of carboxylic acids is 1. The number of para-hydroxylation sites is 1. The standard InChI is InChI=1S/C15H12N2O3/c1-2-14(18)17(13-9-5-6-10-16-13)12-8-4-3-7-11(12)15(19)20/h2-10H,1H2,(H,19,20). The first-order valence-electron chi connectivity index (χ1n) is 5.85. The van der Waals surface area contributed by atoms with Gasteiger partial charge >= 0.3 is 5.97 Å². The third-order valence-electron chi connectivity index (χ3n) is 2.65. The van der Waals surface area contributed by atoms with Crippen LogP contribution in [0.1, 0.15) is 10.4 Å². The van der Waals surface area contributed by atoms with Crippen LogP contribution in [-0.4, -0.2) is 22.0 Å². The fourth-order valence-electron chi connectivity index (χ4n) is 1.78. The van der Waals surface area contributed by atoms with E-state index in [1.165, 1.54) is 17.2 Å². The third-order valence-corrected chi connectivity index (χ3v) is 2.65. The number of anilines is 2. The van der Waals surface area contributed by atoms with Gasteiger partial charge in [-0.05, 0) is 30.3 Å². The molecule has 2 rings (SSSR count). The van der Waals surface area contributed by atoms with Crippen LogP contribution in [0.2, 0.25) is 0 Å². The molecule has 1 aromatic heterocycles. The summed E-state index contributed by atoms with van der Waals surface area (Å²) in [6.45, 7) is 3.44. The van der Waals surface area contributed by atoms with Crippen molar-refractivity contribution in [2.45, 2.75) is 0 Å². The maximum absolute atomic E-state index is 12.1. The van der Waals surface area contributed by atoms with Crippen molar-refractivity contribution >= 4 is 23.4 Å². The predicted octanol–water partition coefficient (Wildman–Crippen LogP) is 2.63. The Morgan fingerprint density at radius 2 is 1.85 bits per heavy atom. The van der Waals surface area contributed by atoms with E-state index in [-0.39, 0.29) is 11.3 Å². The smallest absolute Gasteiger partial charge is 0.337 e. The van der Waals surface area contributed by atoms with Gasteiger partial charge in [0.15, 0.2) is 0 Å². The van der Waals surface area contributed by atoms with E-state index >= 15 is 0 Å². The van der Waals surface area contributed by atoms with Gasteiger partial charge in [0.2, 0.25) is 0 Å².